The van der Waals surface area contributed by atoms with Crippen LogP contribution in [0.15, 0.2) is 103 Å². The standard InChI is InChI=1S/C27H36N2.C25H4BF15.C5H5.CH2Cl2.Au.Fe/c1-18(2)22-11-9-12-23(19(3)4)26(22)28-15-16-29(17-28)27-24(20(5)6)13-10-14-25(27)21(7)8;27-11-8(12(28)18(34)23(39)17(11)33)26(6-5-7-3-1-2-4-7,9-13(29)19(35)24(40)20(36)14(9)30)10-15(31)21(37)25(41)22(38)16(10)32;1-2-4-5-3-1;2-1-3;;/h9-16,18-21H,1-8H3;1-4H;1-5H;1H2;;/q;-2;-1;;;. The first kappa shape index (κ1) is 68.7. The first-order valence-corrected chi connectivity index (χ1v) is 24.8. The van der Waals surface area contributed by atoms with Crippen LogP contribution in [-0.2, 0) is 39.4 Å². The number of rotatable bonds is 9. The van der Waals surface area contributed by atoms with Gasteiger partial charge in [-0.1, -0.05) is 97.4 Å². The van der Waals surface area contributed by atoms with E-state index < -0.39 is 115 Å². The molecule has 0 spiro atoms. The van der Waals surface area contributed by atoms with Gasteiger partial charge in [-0.3, -0.25) is 9.13 Å². The van der Waals surface area contributed by atoms with Crippen molar-refractivity contribution >= 4 is 45.7 Å². The van der Waals surface area contributed by atoms with Gasteiger partial charge in [0.1, 0.15) is 41.0 Å². The molecule has 0 saturated carbocycles. The molecule has 0 amide bonds. The molecule has 7 aromatic carbocycles. The van der Waals surface area contributed by atoms with Crippen LogP contribution < -0.4 is 21.0 Å². The Morgan fingerprint density at radius 1 is 0.500 bits per heavy atom. The maximum atomic E-state index is 15.2. The van der Waals surface area contributed by atoms with Gasteiger partial charge in [-0.25, -0.2) is 83.9 Å². The second kappa shape index (κ2) is 29.4. The molecule has 0 saturated heterocycles. The third kappa shape index (κ3) is 13.8. The van der Waals surface area contributed by atoms with Crippen molar-refractivity contribution in [3.8, 4) is 23.1 Å². The van der Waals surface area contributed by atoms with Crippen LogP contribution in [0.4, 0.5) is 65.9 Å². The average molecular weight is 1390 g/mol. The molecule has 0 aliphatic heterocycles. The monoisotopic (exact) mass is 1390 g/mol. The summed E-state index contributed by atoms with van der Waals surface area (Å²) in [5.74, 6) is -41.2. The maximum Gasteiger partial charge on any atom is 0.268 e. The number of para-hydroxylation sites is 2. The number of aromatic nitrogens is 2. The minimum atomic E-state index is -5.88. The van der Waals surface area contributed by atoms with Crippen LogP contribution in [-0.4, -0.2) is 16.1 Å². The van der Waals surface area contributed by atoms with E-state index in [2.05, 4.69) is 120 Å². The predicted molar refractivity (Wildman–Crippen MR) is 273 cm³/mol. The van der Waals surface area contributed by atoms with Crippen LogP contribution in [0.1, 0.15) is 107 Å². The molecule has 8 rings (SSSR count). The summed E-state index contributed by atoms with van der Waals surface area (Å²) in [5.41, 5.74) is -0.701. The van der Waals surface area contributed by atoms with Gasteiger partial charge in [0.25, 0.3) is 6.33 Å². The third-order valence-corrected chi connectivity index (χ3v) is 12.4. The summed E-state index contributed by atoms with van der Waals surface area (Å²) in [7, 11) is 0. The summed E-state index contributed by atoms with van der Waals surface area (Å²) in [6.07, 6.45) is 2.10. The first-order valence-electron chi connectivity index (χ1n) is 23.8. The van der Waals surface area contributed by atoms with Gasteiger partial charge in [0.2, 0.25) is 0 Å². The van der Waals surface area contributed by atoms with Crippen LogP contribution in [0.3, 0.4) is 0 Å². The summed E-state index contributed by atoms with van der Waals surface area (Å²) in [5, 5.41) is 0.194. The van der Waals surface area contributed by atoms with E-state index in [0.717, 1.165) is 24.3 Å². The fourth-order valence-electron chi connectivity index (χ4n) is 8.77. The van der Waals surface area contributed by atoms with Gasteiger partial charge in [-0.15, -0.1) is 51.7 Å². The van der Waals surface area contributed by atoms with E-state index >= 15 is 26.3 Å². The van der Waals surface area contributed by atoms with Gasteiger partial charge in [0.05, 0.1) is 16.7 Å². The molecule has 2 nitrogen and oxygen atoms in total. The smallest absolute Gasteiger partial charge is 0.268 e. The molecule has 0 N–H and O–H groups in total. The molecular formula is C58H47AuBCl2F15FeN2-3. The molecule has 8 aromatic rings. The van der Waals surface area contributed by atoms with Crippen LogP contribution in [0.2, 0.25) is 0 Å². The Morgan fingerprint density at radius 2 is 0.800 bits per heavy atom. The van der Waals surface area contributed by atoms with E-state index in [1.807, 2.05) is 30.3 Å². The fraction of sp³-hybridized carbons (Fsp3) is 0.224. The molecule has 433 valence electrons. The van der Waals surface area contributed by atoms with Crippen molar-refractivity contribution in [2.45, 2.75) is 79.1 Å². The molecule has 22 heteroatoms. The van der Waals surface area contributed by atoms with Crippen LogP contribution >= 0.6 is 23.2 Å². The number of halogens is 17. The van der Waals surface area contributed by atoms with E-state index in [-0.39, 0.29) is 44.8 Å². The summed E-state index contributed by atoms with van der Waals surface area (Å²) in [6, 6.07) is 27.6. The van der Waals surface area contributed by atoms with Crippen LogP contribution in [0, 0.1) is 105 Å². The minimum Gasteiger partial charge on any atom is -0.391 e. The van der Waals surface area contributed by atoms with Crippen molar-refractivity contribution < 1.29 is 110 Å². The Hall–Kier alpha value is -5.58. The number of imidazole rings is 1. The van der Waals surface area contributed by atoms with Crippen molar-refractivity contribution in [1.82, 2.24) is 4.57 Å². The maximum absolute atomic E-state index is 15.2. The fourth-order valence-corrected chi connectivity index (χ4v) is 8.77. The number of hydrogen-bond donors (Lipinski definition) is 0. The molecule has 0 atom stereocenters. The molecule has 1 heterocycles. The zero-order valence-corrected chi connectivity index (χ0v) is 48.2. The second-order valence-corrected chi connectivity index (χ2v) is 19.5. The zero-order chi connectivity index (χ0) is 58.2. The Labute approximate surface area is 489 Å². The summed E-state index contributed by atoms with van der Waals surface area (Å²) in [4.78, 5) is 0. The summed E-state index contributed by atoms with van der Waals surface area (Å²) < 4.78 is 223. The topological polar surface area (TPSA) is 8.81 Å². The minimum absolute atomic E-state index is 0. The number of nitrogens with zero attached hydrogens (tertiary/aromatic N) is 2. The van der Waals surface area contributed by atoms with E-state index in [1.165, 1.54) is 39.4 Å². The van der Waals surface area contributed by atoms with Gasteiger partial charge >= 0.3 is 0 Å². The quantitative estimate of drug-likeness (QED) is 0.0199. The van der Waals surface area contributed by atoms with Crippen molar-refractivity contribution in [2.75, 3.05) is 5.34 Å². The second-order valence-electron chi connectivity index (χ2n) is 18.7. The number of benzene rings is 5. The number of alkyl halides is 2. The van der Waals surface area contributed by atoms with E-state index in [9.17, 15) is 39.5 Å². The Bertz CT molecular complexity index is 3060. The Balaban J connectivity index is 0.000000375. The Kier molecular flexibility index (Phi) is 25.3. The Morgan fingerprint density at radius 3 is 1.09 bits per heavy atom. The molecule has 0 bridgehead atoms. The molecule has 0 unspecified atom stereocenters. The van der Waals surface area contributed by atoms with Gasteiger partial charge < -0.3 is 5.82 Å². The van der Waals surface area contributed by atoms with Crippen molar-refractivity contribution in [3.63, 3.8) is 0 Å². The van der Waals surface area contributed by atoms with Gasteiger partial charge in [-0.2, -0.15) is 30.3 Å². The average Bonchev–Trinajstić information content (AvgIpc) is 4.36. The molecule has 0 aliphatic carbocycles. The predicted octanol–water partition coefficient (Wildman–Crippen LogP) is 15.4. The largest absolute Gasteiger partial charge is 0.391 e. The molecule has 1 radical (unpaired) electrons. The zero-order valence-electron chi connectivity index (χ0n) is 43.4. The molecule has 0 aliphatic rings. The summed E-state index contributed by atoms with van der Waals surface area (Å²) in [6.45, 7) is 18.2. The van der Waals surface area contributed by atoms with E-state index in [1.54, 1.807) is 5.92 Å². The molecule has 0 fully saturated rings. The SMILES string of the molecule is CC(C)c1cccc(C(C)C)c1-n1[c-][n+](-c2c(C(C)C)cccc2C(C)C)cc1.ClCCl.Fc1c(F)c(F)c([B-](C#C[c-]2cccc2)(c2c(F)c(F)c(F)c(F)c2F)c2c(F)c(F)c(F)c(F)c2F)c(F)c1F.[Au].[Fe].c1cc[cH-]c1. The molecular weight excluding hydrogens is 1340 g/mol. The summed E-state index contributed by atoms with van der Waals surface area (Å²) >= 11 is 9.53. The van der Waals surface area contributed by atoms with Crippen LogP contribution in [0.25, 0.3) is 11.4 Å². The van der Waals surface area contributed by atoms with E-state index in [4.69, 9.17) is 23.2 Å². The first-order chi connectivity index (χ1) is 36.7. The van der Waals surface area contributed by atoms with Gasteiger partial charge in [0.15, 0.2) is 52.4 Å². The molecule has 80 heavy (non-hydrogen) atoms. The van der Waals surface area contributed by atoms with Crippen LogP contribution in [0.5, 0.6) is 0 Å². The third-order valence-electron chi connectivity index (χ3n) is 12.4. The van der Waals surface area contributed by atoms with E-state index in [0.29, 0.717) is 23.7 Å². The number of hydrogen-bond acceptors (Lipinski definition) is 0. The van der Waals surface area contributed by atoms with Gasteiger partial charge in [-0.05, 0) is 45.9 Å². The normalized spacial score (nSPS) is 11.0. The van der Waals surface area contributed by atoms with Crippen molar-refractivity contribution in [2.24, 2.45) is 0 Å². The van der Waals surface area contributed by atoms with Gasteiger partial charge in [0, 0.05) is 51.8 Å². The van der Waals surface area contributed by atoms with Crippen molar-refractivity contribution in [1.29, 1.82) is 0 Å². The molecule has 1 aromatic heterocycles. The van der Waals surface area contributed by atoms with Crippen molar-refractivity contribution in [3.05, 3.63) is 225 Å².